The van der Waals surface area contributed by atoms with Crippen LogP contribution >= 0.6 is 0 Å². The summed E-state index contributed by atoms with van der Waals surface area (Å²) in [6.45, 7) is 2.41. The molecule has 4 rings (SSSR count). The molecule has 7 nitrogen and oxygen atoms in total. The van der Waals surface area contributed by atoms with Gasteiger partial charge in [-0.15, -0.1) is 0 Å². The van der Waals surface area contributed by atoms with Crippen molar-refractivity contribution in [2.45, 2.75) is 63.9 Å². The van der Waals surface area contributed by atoms with Crippen LogP contribution in [-0.4, -0.2) is 48.5 Å². The van der Waals surface area contributed by atoms with Gasteiger partial charge in [0.25, 0.3) is 5.91 Å². The van der Waals surface area contributed by atoms with E-state index in [0.717, 1.165) is 18.8 Å². The van der Waals surface area contributed by atoms with Gasteiger partial charge >= 0.3 is 5.97 Å². The monoisotopic (exact) mass is 510 g/mol. The molecule has 0 aromatic heterocycles. The van der Waals surface area contributed by atoms with Gasteiger partial charge in [0.1, 0.15) is 11.6 Å². The van der Waals surface area contributed by atoms with Crippen molar-refractivity contribution >= 4 is 23.3 Å². The van der Waals surface area contributed by atoms with Gasteiger partial charge in [0.05, 0.1) is 17.6 Å². The van der Waals surface area contributed by atoms with Crippen LogP contribution in [0, 0.1) is 11.7 Å². The maximum atomic E-state index is 14.6. The fourth-order valence-corrected chi connectivity index (χ4v) is 5.08. The molecule has 0 spiro atoms. The van der Waals surface area contributed by atoms with Gasteiger partial charge in [-0.3, -0.25) is 14.4 Å². The van der Waals surface area contributed by atoms with E-state index in [-0.39, 0.29) is 35.7 Å². The van der Waals surface area contributed by atoms with E-state index in [1.54, 1.807) is 6.07 Å². The minimum absolute atomic E-state index is 0.00145. The van der Waals surface area contributed by atoms with Crippen LogP contribution in [0.2, 0.25) is 0 Å². The third-order valence-corrected chi connectivity index (χ3v) is 7.28. The number of carboxylic acid groups (broad SMARTS) is 1. The summed E-state index contributed by atoms with van der Waals surface area (Å²) in [5.41, 5.74) is 1.71. The van der Waals surface area contributed by atoms with Crippen LogP contribution in [0.5, 0.6) is 5.75 Å². The summed E-state index contributed by atoms with van der Waals surface area (Å²) < 4.78 is 20.4. The Morgan fingerprint density at radius 1 is 0.973 bits per heavy atom. The number of carboxylic acids is 1. The number of nitrogens with one attached hydrogen (secondary N) is 1. The number of nitrogens with zero attached hydrogens (tertiary/aromatic N) is 1. The van der Waals surface area contributed by atoms with Crippen LogP contribution in [0.15, 0.2) is 42.5 Å². The highest BCUT2D eigenvalue weighted by molar-refractivity contribution is 5.96. The van der Waals surface area contributed by atoms with Crippen molar-refractivity contribution in [3.8, 4) is 5.75 Å². The number of Topliss-reactive ketones (excluding diaryl/α,β-unsaturated/α-hetero) is 1. The van der Waals surface area contributed by atoms with Crippen molar-refractivity contribution in [1.82, 2.24) is 5.32 Å². The fraction of sp³-hybridized carbons (Fsp3) is 0.483. The van der Waals surface area contributed by atoms with E-state index in [1.165, 1.54) is 31.4 Å². The number of hydrogen-bond acceptors (Lipinski definition) is 5. The first-order valence-electron chi connectivity index (χ1n) is 13.3. The lowest BCUT2D eigenvalue weighted by Crippen LogP contribution is -2.29. The number of carbonyl (C=O) groups is 3. The Labute approximate surface area is 217 Å². The topological polar surface area (TPSA) is 95.9 Å². The van der Waals surface area contributed by atoms with Crippen LogP contribution in [0.3, 0.4) is 0 Å². The summed E-state index contributed by atoms with van der Waals surface area (Å²) in [7, 11) is 0. The number of aliphatic carboxylic acids is 1. The van der Waals surface area contributed by atoms with Crippen LogP contribution in [0.25, 0.3) is 0 Å². The molecule has 2 aromatic carbocycles. The standard InChI is InChI=1S/C29H35FN2O5/c30-26-19-24(37-23-12-8-21(9-13-23)29(35)36)14-15-25(26)27(33)5-4-16-31-28(34)20-6-10-22(11-7-20)32-17-2-1-3-18-32/h6-7,10-11,14-15,19,21,23H,1-5,8-9,12-13,16-18H2,(H,31,34)(H,35,36). The predicted molar refractivity (Wildman–Crippen MR) is 139 cm³/mol. The molecule has 2 aliphatic rings. The van der Waals surface area contributed by atoms with Crippen LogP contribution in [0.1, 0.15) is 78.5 Å². The number of hydrogen-bond donors (Lipinski definition) is 2. The summed E-state index contributed by atoms with van der Waals surface area (Å²) in [5, 5.41) is 11.9. The average Bonchev–Trinajstić information content (AvgIpc) is 2.92. The van der Waals surface area contributed by atoms with Gasteiger partial charge < -0.3 is 20.1 Å². The van der Waals surface area contributed by atoms with E-state index in [4.69, 9.17) is 9.84 Å². The van der Waals surface area contributed by atoms with Gasteiger partial charge in [-0.2, -0.15) is 0 Å². The highest BCUT2D eigenvalue weighted by Crippen LogP contribution is 2.29. The number of amides is 1. The number of ether oxygens (including phenoxy) is 1. The first-order chi connectivity index (χ1) is 17.9. The Balaban J connectivity index is 1.19. The van der Waals surface area contributed by atoms with Crippen molar-refractivity contribution in [1.29, 1.82) is 0 Å². The Morgan fingerprint density at radius 3 is 2.32 bits per heavy atom. The second-order valence-electron chi connectivity index (χ2n) is 9.95. The molecular weight excluding hydrogens is 475 g/mol. The number of carbonyl (C=O) groups excluding carboxylic acids is 2. The van der Waals surface area contributed by atoms with Gasteiger partial charge in [0.2, 0.25) is 0 Å². The zero-order valence-corrected chi connectivity index (χ0v) is 21.1. The lowest BCUT2D eigenvalue weighted by molar-refractivity contribution is -0.143. The minimum atomic E-state index is -0.784. The second kappa shape index (κ2) is 12.7. The van der Waals surface area contributed by atoms with Crippen molar-refractivity contribution in [3.05, 3.63) is 59.4 Å². The van der Waals surface area contributed by atoms with Gasteiger partial charge in [0.15, 0.2) is 5.78 Å². The maximum absolute atomic E-state index is 14.6. The molecule has 0 atom stereocenters. The lowest BCUT2D eigenvalue weighted by Gasteiger charge is -2.28. The quantitative estimate of drug-likeness (QED) is 0.336. The average molecular weight is 511 g/mol. The van der Waals surface area contributed by atoms with E-state index in [2.05, 4.69) is 10.2 Å². The Hall–Kier alpha value is -3.42. The molecule has 2 fully saturated rings. The normalized spacial score (nSPS) is 19.8. The number of anilines is 1. The molecule has 1 saturated heterocycles. The molecule has 2 N–H and O–H groups in total. The number of rotatable bonds is 10. The van der Waals surface area contributed by atoms with Crippen molar-refractivity contribution < 1.29 is 28.6 Å². The lowest BCUT2D eigenvalue weighted by atomic mass is 9.87. The van der Waals surface area contributed by atoms with Crippen molar-refractivity contribution in [2.75, 3.05) is 24.5 Å². The molecule has 1 aliphatic heterocycles. The minimum Gasteiger partial charge on any atom is -0.490 e. The molecule has 1 amide bonds. The zero-order valence-electron chi connectivity index (χ0n) is 21.1. The third kappa shape index (κ3) is 7.31. The molecule has 0 unspecified atom stereocenters. The molecule has 1 saturated carbocycles. The summed E-state index contributed by atoms with van der Waals surface area (Å²) in [6.07, 6.45) is 6.32. The van der Waals surface area contributed by atoms with Gasteiger partial charge in [-0.05, 0) is 87.8 Å². The summed E-state index contributed by atoms with van der Waals surface area (Å²) in [6, 6.07) is 11.8. The molecule has 0 radical (unpaired) electrons. The molecule has 1 aliphatic carbocycles. The SMILES string of the molecule is O=C(NCCCC(=O)c1ccc(OC2CCC(C(=O)O)CC2)cc1F)c1ccc(N2CCCCC2)cc1. The fourth-order valence-electron chi connectivity index (χ4n) is 5.08. The molecule has 8 heteroatoms. The number of piperidine rings is 1. The second-order valence-corrected chi connectivity index (χ2v) is 9.95. The van der Waals surface area contributed by atoms with E-state index in [9.17, 15) is 18.8 Å². The summed E-state index contributed by atoms with van der Waals surface area (Å²) >= 11 is 0. The Kier molecular flexibility index (Phi) is 9.14. The molecular formula is C29H35FN2O5. The summed E-state index contributed by atoms with van der Waals surface area (Å²) in [4.78, 5) is 38.4. The van der Waals surface area contributed by atoms with Crippen LogP contribution in [0.4, 0.5) is 10.1 Å². The van der Waals surface area contributed by atoms with E-state index < -0.39 is 11.8 Å². The molecule has 1 heterocycles. The van der Waals surface area contributed by atoms with Crippen LogP contribution < -0.4 is 15.0 Å². The first kappa shape index (κ1) is 26.6. The van der Waals surface area contributed by atoms with Crippen molar-refractivity contribution in [2.24, 2.45) is 5.92 Å². The Bertz CT molecular complexity index is 1090. The maximum Gasteiger partial charge on any atom is 0.306 e. The van der Waals surface area contributed by atoms with Crippen molar-refractivity contribution in [3.63, 3.8) is 0 Å². The van der Waals surface area contributed by atoms with Gasteiger partial charge in [0, 0.05) is 43.4 Å². The molecule has 2 aromatic rings. The number of ketones is 1. The summed E-state index contributed by atoms with van der Waals surface area (Å²) in [5.74, 6) is -1.94. The highest BCUT2D eigenvalue weighted by Gasteiger charge is 2.27. The Morgan fingerprint density at radius 2 is 1.68 bits per heavy atom. The van der Waals surface area contributed by atoms with E-state index in [0.29, 0.717) is 50.0 Å². The largest absolute Gasteiger partial charge is 0.490 e. The third-order valence-electron chi connectivity index (χ3n) is 7.28. The van der Waals surface area contributed by atoms with Gasteiger partial charge in [-0.25, -0.2) is 4.39 Å². The highest BCUT2D eigenvalue weighted by atomic mass is 19.1. The van der Waals surface area contributed by atoms with Crippen LogP contribution in [-0.2, 0) is 4.79 Å². The number of halogens is 1. The molecule has 37 heavy (non-hydrogen) atoms. The first-order valence-corrected chi connectivity index (χ1v) is 13.3. The molecule has 0 bridgehead atoms. The zero-order chi connectivity index (χ0) is 26.2. The number of benzene rings is 2. The van der Waals surface area contributed by atoms with E-state index >= 15 is 0 Å². The van der Waals surface area contributed by atoms with E-state index in [1.807, 2.05) is 24.3 Å². The predicted octanol–water partition coefficient (Wildman–Crippen LogP) is 5.23. The smallest absolute Gasteiger partial charge is 0.306 e. The molecule has 198 valence electrons. The van der Waals surface area contributed by atoms with Gasteiger partial charge in [-0.1, -0.05) is 0 Å².